The fourth-order valence-electron chi connectivity index (χ4n) is 3.97. The van der Waals surface area contributed by atoms with Crippen molar-refractivity contribution in [3.63, 3.8) is 0 Å². The van der Waals surface area contributed by atoms with Crippen molar-refractivity contribution in [2.45, 2.75) is 65.0 Å². The molecule has 0 bridgehead atoms. The van der Waals surface area contributed by atoms with Gasteiger partial charge in [0.15, 0.2) is 0 Å². The van der Waals surface area contributed by atoms with E-state index in [2.05, 4.69) is 22.5 Å². The Kier molecular flexibility index (Phi) is 9.01. The lowest BCUT2D eigenvalue weighted by Crippen LogP contribution is -2.52. The van der Waals surface area contributed by atoms with Crippen LogP contribution in [0.2, 0.25) is 0 Å². The minimum Gasteiger partial charge on any atom is -0.394 e. The first-order valence-electron chi connectivity index (χ1n) is 11.2. The number of nitrogens with one attached hydrogen (secondary N) is 3. The molecule has 2 rings (SSSR count). The van der Waals surface area contributed by atoms with Crippen LogP contribution >= 0.6 is 0 Å². The third-order valence-electron chi connectivity index (χ3n) is 5.77. The Hall–Kier alpha value is -2.67. The molecule has 1 saturated heterocycles. The maximum absolute atomic E-state index is 13.1. The van der Waals surface area contributed by atoms with Crippen LogP contribution in [0.25, 0.3) is 0 Å². The van der Waals surface area contributed by atoms with E-state index in [4.69, 9.17) is 0 Å². The molecule has 4 atom stereocenters. The summed E-state index contributed by atoms with van der Waals surface area (Å²) in [6, 6.07) is 8.25. The van der Waals surface area contributed by atoms with E-state index in [-0.39, 0.29) is 42.1 Å². The molecule has 7 nitrogen and oxygen atoms in total. The number of hydrogen-bond acceptors (Lipinski definition) is 4. The zero-order valence-corrected chi connectivity index (χ0v) is 19.6. The van der Waals surface area contributed by atoms with Crippen LogP contribution in [0.15, 0.2) is 42.5 Å². The predicted molar refractivity (Wildman–Crippen MR) is 125 cm³/mol. The molecule has 0 unspecified atom stereocenters. The summed E-state index contributed by atoms with van der Waals surface area (Å²) in [6.45, 7) is 12.1. The standard InChI is InChI=1S/C25H37N3O4/c1-16(18-9-7-6-8-10-18)13-22(30)27-20(14-25(3,4)5)24(32)28-21(15-29)17(2)19-11-12-26-23(19)31/h6-10,16,19-21,29H,2,11-15H2,1,3-5H3,(H,26,31)(H,27,30)(H,28,32)/t16-,19-,20-,21+/m0/s1. The van der Waals surface area contributed by atoms with Crippen LogP contribution in [-0.4, -0.2) is 48.1 Å². The van der Waals surface area contributed by atoms with Gasteiger partial charge in [0.2, 0.25) is 17.7 Å². The first-order valence-corrected chi connectivity index (χ1v) is 11.2. The van der Waals surface area contributed by atoms with Crippen LogP contribution in [0, 0.1) is 11.3 Å². The summed E-state index contributed by atoms with van der Waals surface area (Å²) < 4.78 is 0. The summed E-state index contributed by atoms with van der Waals surface area (Å²) in [5.41, 5.74) is 1.33. The van der Waals surface area contributed by atoms with Gasteiger partial charge in [-0.3, -0.25) is 14.4 Å². The molecule has 0 aromatic heterocycles. The van der Waals surface area contributed by atoms with Gasteiger partial charge >= 0.3 is 0 Å². The van der Waals surface area contributed by atoms with Crippen LogP contribution in [0.4, 0.5) is 0 Å². The molecule has 0 aliphatic carbocycles. The number of aliphatic hydroxyl groups is 1. The minimum atomic E-state index is -0.760. The maximum Gasteiger partial charge on any atom is 0.243 e. The highest BCUT2D eigenvalue weighted by Crippen LogP contribution is 2.24. The third kappa shape index (κ3) is 7.48. The fraction of sp³-hybridized carbons (Fsp3) is 0.560. The summed E-state index contributed by atoms with van der Waals surface area (Å²) in [7, 11) is 0. The van der Waals surface area contributed by atoms with Crippen LogP contribution in [-0.2, 0) is 14.4 Å². The average Bonchev–Trinajstić information content (AvgIpc) is 3.16. The first-order chi connectivity index (χ1) is 15.0. The summed E-state index contributed by atoms with van der Waals surface area (Å²) in [6.07, 6.45) is 1.28. The van der Waals surface area contributed by atoms with E-state index in [1.165, 1.54) is 0 Å². The van der Waals surface area contributed by atoms with Gasteiger partial charge in [0.1, 0.15) is 6.04 Å². The van der Waals surface area contributed by atoms with Gasteiger partial charge in [-0.2, -0.15) is 0 Å². The molecule has 1 aliphatic rings. The predicted octanol–water partition coefficient (Wildman–Crippen LogP) is 2.27. The lowest BCUT2D eigenvalue weighted by Gasteiger charge is -2.29. The molecular formula is C25H37N3O4. The highest BCUT2D eigenvalue weighted by Gasteiger charge is 2.33. The normalized spacial score (nSPS) is 18.9. The lowest BCUT2D eigenvalue weighted by molar-refractivity contribution is -0.130. The van der Waals surface area contributed by atoms with Gasteiger partial charge in [-0.1, -0.05) is 64.6 Å². The molecule has 1 aromatic carbocycles. The van der Waals surface area contributed by atoms with Crippen LogP contribution < -0.4 is 16.0 Å². The van der Waals surface area contributed by atoms with Crippen molar-refractivity contribution in [3.8, 4) is 0 Å². The van der Waals surface area contributed by atoms with Crippen LogP contribution in [0.5, 0.6) is 0 Å². The van der Waals surface area contributed by atoms with Gasteiger partial charge in [0.05, 0.1) is 18.6 Å². The van der Waals surface area contributed by atoms with E-state index < -0.39 is 18.0 Å². The average molecular weight is 444 g/mol. The molecule has 1 fully saturated rings. The number of hydrogen-bond donors (Lipinski definition) is 4. The molecule has 1 heterocycles. The number of benzene rings is 1. The van der Waals surface area contributed by atoms with Crippen LogP contribution in [0.3, 0.4) is 0 Å². The van der Waals surface area contributed by atoms with Crippen molar-refractivity contribution in [1.82, 2.24) is 16.0 Å². The first kappa shape index (κ1) is 25.6. The van der Waals surface area contributed by atoms with Crippen molar-refractivity contribution < 1.29 is 19.5 Å². The van der Waals surface area contributed by atoms with Crippen molar-refractivity contribution in [3.05, 3.63) is 48.0 Å². The number of aliphatic hydroxyl groups excluding tert-OH is 1. The molecule has 0 spiro atoms. The number of amides is 3. The highest BCUT2D eigenvalue weighted by atomic mass is 16.3. The number of rotatable bonds is 10. The summed E-state index contributed by atoms with van der Waals surface area (Å²) in [5, 5.41) is 18.3. The van der Waals surface area contributed by atoms with Gasteiger partial charge in [0.25, 0.3) is 0 Å². The fourth-order valence-corrected chi connectivity index (χ4v) is 3.97. The Labute approximate surface area is 191 Å². The lowest BCUT2D eigenvalue weighted by atomic mass is 9.87. The molecular weight excluding hydrogens is 406 g/mol. The van der Waals surface area contributed by atoms with Crippen molar-refractivity contribution in [2.24, 2.45) is 11.3 Å². The molecule has 7 heteroatoms. The summed E-state index contributed by atoms with van der Waals surface area (Å²) >= 11 is 0. The second-order valence-corrected chi connectivity index (χ2v) is 9.85. The van der Waals surface area contributed by atoms with Crippen LogP contribution in [0.1, 0.15) is 58.4 Å². The van der Waals surface area contributed by atoms with Gasteiger partial charge in [-0.15, -0.1) is 0 Å². The van der Waals surface area contributed by atoms with Gasteiger partial charge < -0.3 is 21.1 Å². The SMILES string of the molecule is C=C([C@@H]1CCNC1=O)[C@@H](CO)NC(=O)[C@H](CC(C)(C)C)NC(=O)C[C@H](C)c1ccccc1. The largest absolute Gasteiger partial charge is 0.394 e. The zero-order chi connectivity index (χ0) is 23.9. The van der Waals surface area contributed by atoms with Crippen molar-refractivity contribution >= 4 is 17.7 Å². The Morgan fingerprint density at radius 1 is 1.19 bits per heavy atom. The Balaban J connectivity index is 2.05. The third-order valence-corrected chi connectivity index (χ3v) is 5.77. The second-order valence-electron chi connectivity index (χ2n) is 9.85. The van der Waals surface area contributed by atoms with E-state index in [0.717, 1.165) is 5.56 Å². The molecule has 176 valence electrons. The number of carbonyl (C=O) groups excluding carboxylic acids is 3. The second kappa shape index (κ2) is 11.3. The quantitative estimate of drug-likeness (QED) is 0.416. The summed E-state index contributed by atoms with van der Waals surface area (Å²) in [5.74, 6) is -1.16. The molecule has 1 aromatic rings. The van der Waals surface area contributed by atoms with E-state index in [0.29, 0.717) is 25.0 Å². The van der Waals surface area contributed by atoms with Crippen molar-refractivity contribution in [2.75, 3.05) is 13.2 Å². The smallest absolute Gasteiger partial charge is 0.243 e. The molecule has 1 aliphatic heterocycles. The Bertz CT molecular complexity index is 816. The topological polar surface area (TPSA) is 108 Å². The molecule has 3 amide bonds. The Morgan fingerprint density at radius 2 is 1.84 bits per heavy atom. The van der Waals surface area contributed by atoms with E-state index in [1.54, 1.807) is 0 Å². The van der Waals surface area contributed by atoms with E-state index >= 15 is 0 Å². The van der Waals surface area contributed by atoms with Crippen molar-refractivity contribution in [1.29, 1.82) is 0 Å². The number of carbonyl (C=O) groups is 3. The minimum absolute atomic E-state index is 0.0143. The maximum atomic E-state index is 13.1. The Morgan fingerprint density at radius 3 is 2.38 bits per heavy atom. The van der Waals surface area contributed by atoms with Gasteiger partial charge in [0, 0.05) is 13.0 Å². The molecule has 0 saturated carbocycles. The highest BCUT2D eigenvalue weighted by molar-refractivity contribution is 5.89. The monoisotopic (exact) mass is 443 g/mol. The van der Waals surface area contributed by atoms with E-state index in [9.17, 15) is 19.5 Å². The van der Waals surface area contributed by atoms with E-state index in [1.807, 2.05) is 58.0 Å². The molecule has 32 heavy (non-hydrogen) atoms. The summed E-state index contributed by atoms with van der Waals surface area (Å²) in [4.78, 5) is 37.8. The molecule has 0 radical (unpaired) electrons. The van der Waals surface area contributed by atoms with Gasteiger partial charge in [-0.05, 0) is 35.3 Å². The molecule has 4 N–H and O–H groups in total. The zero-order valence-electron chi connectivity index (χ0n) is 19.6. The van der Waals surface area contributed by atoms with Gasteiger partial charge in [-0.25, -0.2) is 0 Å².